The zero-order valence-corrected chi connectivity index (χ0v) is 15.0. The van der Waals surface area contributed by atoms with Gasteiger partial charge in [-0.15, -0.1) is 0 Å². The summed E-state index contributed by atoms with van der Waals surface area (Å²) in [5.74, 6) is -0.0210. The minimum Gasteiger partial charge on any atom is -0.436 e. The second kappa shape index (κ2) is 6.34. The molecule has 0 fully saturated rings. The molecule has 0 atom stereocenters. The van der Waals surface area contributed by atoms with Crippen LogP contribution in [0.5, 0.6) is 0 Å². The minimum atomic E-state index is -0.469. The highest BCUT2D eigenvalue weighted by Gasteiger charge is 2.15. The van der Waals surface area contributed by atoms with Crippen molar-refractivity contribution in [1.82, 2.24) is 19.4 Å². The van der Waals surface area contributed by atoms with Gasteiger partial charge in [0, 0.05) is 36.8 Å². The Bertz CT molecular complexity index is 1140. The SMILES string of the molecule is Cc1ncc(C(=O)Nc2ccc(F)c(-c3cn4cc(Br)cnc4n3)c2)o1. The summed E-state index contributed by atoms with van der Waals surface area (Å²) in [6, 6.07) is 4.24. The van der Waals surface area contributed by atoms with Crippen LogP contribution in [0.1, 0.15) is 16.4 Å². The maximum atomic E-state index is 14.3. The summed E-state index contributed by atoms with van der Waals surface area (Å²) in [4.78, 5) is 24.5. The zero-order chi connectivity index (χ0) is 18.3. The number of rotatable bonds is 3. The number of oxazole rings is 1. The summed E-state index contributed by atoms with van der Waals surface area (Å²) >= 11 is 3.33. The smallest absolute Gasteiger partial charge is 0.293 e. The Morgan fingerprint density at radius 3 is 2.88 bits per heavy atom. The van der Waals surface area contributed by atoms with Crippen LogP contribution in [0, 0.1) is 12.7 Å². The molecule has 3 aromatic heterocycles. The first-order chi connectivity index (χ1) is 12.5. The van der Waals surface area contributed by atoms with Gasteiger partial charge in [0.25, 0.3) is 5.91 Å². The molecule has 0 unspecified atom stereocenters. The van der Waals surface area contributed by atoms with E-state index in [9.17, 15) is 9.18 Å². The second-order valence-corrected chi connectivity index (χ2v) is 6.41. The average Bonchev–Trinajstić information content (AvgIpc) is 3.22. The van der Waals surface area contributed by atoms with Crippen LogP contribution in [0.3, 0.4) is 0 Å². The number of carbonyl (C=O) groups excluding carboxylic acids is 1. The molecule has 9 heteroatoms. The number of aromatic nitrogens is 4. The Morgan fingerprint density at radius 2 is 2.12 bits per heavy atom. The highest BCUT2D eigenvalue weighted by atomic mass is 79.9. The predicted molar refractivity (Wildman–Crippen MR) is 95.3 cm³/mol. The highest BCUT2D eigenvalue weighted by molar-refractivity contribution is 9.10. The van der Waals surface area contributed by atoms with E-state index in [1.807, 2.05) is 0 Å². The van der Waals surface area contributed by atoms with Crippen molar-refractivity contribution < 1.29 is 13.6 Å². The molecule has 130 valence electrons. The number of aryl methyl sites for hydroxylation is 1. The molecule has 7 nitrogen and oxygen atoms in total. The number of hydrogen-bond donors (Lipinski definition) is 1. The number of hydrogen-bond acceptors (Lipinski definition) is 5. The predicted octanol–water partition coefficient (Wildman–Crippen LogP) is 3.85. The third-order valence-electron chi connectivity index (χ3n) is 3.62. The molecule has 0 saturated heterocycles. The Kier molecular flexibility index (Phi) is 4.00. The first kappa shape index (κ1) is 16.4. The Morgan fingerprint density at radius 1 is 1.27 bits per heavy atom. The summed E-state index contributed by atoms with van der Waals surface area (Å²) in [6.45, 7) is 1.64. The number of fused-ring (bicyclic) bond motifs is 1. The van der Waals surface area contributed by atoms with E-state index in [-0.39, 0.29) is 11.3 Å². The molecule has 1 amide bonds. The molecule has 1 aromatic carbocycles. The molecule has 0 bridgehead atoms. The van der Waals surface area contributed by atoms with Gasteiger partial charge < -0.3 is 9.73 Å². The zero-order valence-electron chi connectivity index (χ0n) is 13.4. The third kappa shape index (κ3) is 3.08. The van der Waals surface area contributed by atoms with Crippen LogP contribution in [-0.4, -0.2) is 25.3 Å². The molecule has 0 saturated carbocycles. The van der Waals surface area contributed by atoms with Crippen molar-refractivity contribution in [2.24, 2.45) is 0 Å². The quantitative estimate of drug-likeness (QED) is 0.549. The standard InChI is InChI=1S/C17H11BrFN5O2/c1-9-20-6-15(26-9)16(25)22-11-2-3-13(19)12(4-11)14-8-24-7-10(18)5-21-17(24)23-14/h2-8H,1H3,(H,22,25). The van der Waals surface area contributed by atoms with Crippen molar-refractivity contribution in [3.63, 3.8) is 0 Å². The van der Waals surface area contributed by atoms with Crippen molar-refractivity contribution in [3.05, 3.63) is 64.9 Å². The van der Waals surface area contributed by atoms with E-state index in [1.165, 1.54) is 24.4 Å². The van der Waals surface area contributed by atoms with Crippen LogP contribution in [0.15, 0.2) is 51.9 Å². The fraction of sp³-hybridized carbons (Fsp3) is 0.0588. The molecular weight excluding hydrogens is 405 g/mol. The van der Waals surface area contributed by atoms with E-state index in [0.717, 1.165) is 4.47 Å². The van der Waals surface area contributed by atoms with Gasteiger partial charge >= 0.3 is 0 Å². The Hall–Kier alpha value is -3.07. The molecule has 0 aliphatic rings. The molecule has 3 heterocycles. The van der Waals surface area contributed by atoms with E-state index >= 15 is 0 Å². The lowest BCUT2D eigenvalue weighted by molar-refractivity contribution is 0.0995. The average molecular weight is 416 g/mol. The molecule has 0 radical (unpaired) electrons. The summed E-state index contributed by atoms with van der Waals surface area (Å²) in [5.41, 5.74) is 1.06. The molecule has 4 rings (SSSR count). The van der Waals surface area contributed by atoms with Crippen molar-refractivity contribution in [2.45, 2.75) is 6.92 Å². The number of imidazole rings is 1. The lowest BCUT2D eigenvalue weighted by Gasteiger charge is -2.06. The highest BCUT2D eigenvalue weighted by Crippen LogP contribution is 2.26. The Labute approximate surface area is 155 Å². The summed E-state index contributed by atoms with van der Waals surface area (Å²) in [6.07, 6.45) is 6.38. The summed E-state index contributed by atoms with van der Waals surface area (Å²) < 4.78 is 21.9. The van der Waals surface area contributed by atoms with Crippen LogP contribution in [-0.2, 0) is 0 Å². The maximum Gasteiger partial charge on any atom is 0.293 e. The second-order valence-electron chi connectivity index (χ2n) is 5.50. The van der Waals surface area contributed by atoms with E-state index in [4.69, 9.17) is 4.42 Å². The van der Waals surface area contributed by atoms with Gasteiger partial charge in [-0.2, -0.15) is 0 Å². The van der Waals surface area contributed by atoms with Gasteiger partial charge in [0.05, 0.1) is 16.4 Å². The fourth-order valence-corrected chi connectivity index (χ4v) is 2.77. The largest absolute Gasteiger partial charge is 0.436 e. The number of benzene rings is 1. The topological polar surface area (TPSA) is 85.3 Å². The molecule has 0 aliphatic heterocycles. The lowest BCUT2D eigenvalue weighted by atomic mass is 10.1. The molecule has 0 spiro atoms. The Balaban J connectivity index is 1.68. The van der Waals surface area contributed by atoms with E-state index < -0.39 is 11.7 Å². The number of nitrogens with one attached hydrogen (secondary N) is 1. The van der Waals surface area contributed by atoms with Gasteiger partial charge in [0.1, 0.15) is 5.82 Å². The van der Waals surface area contributed by atoms with Gasteiger partial charge in [-0.25, -0.2) is 19.3 Å². The molecular formula is C17H11BrFN5O2. The minimum absolute atomic E-state index is 0.0788. The number of halogens is 2. The molecule has 4 aromatic rings. The van der Waals surface area contributed by atoms with Gasteiger partial charge in [0.15, 0.2) is 5.89 Å². The number of amides is 1. The summed E-state index contributed by atoms with van der Waals surface area (Å²) in [5, 5.41) is 2.65. The van der Waals surface area contributed by atoms with Crippen LogP contribution in [0.4, 0.5) is 10.1 Å². The van der Waals surface area contributed by atoms with Crippen molar-refractivity contribution in [2.75, 3.05) is 5.32 Å². The van der Waals surface area contributed by atoms with E-state index in [0.29, 0.717) is 23.0 Å². The van der Waals surface area contributed by atoms with Gasteiger partial charge in [-0.05, 0) is 34.1 Å². The first-order valence-electron chi connectivity index (χ1n) is 7.53. The third-order valence-corrected chi connectivity index (χ3v) is 4.03. The van der Waals surface area contributed by atoms with Crippen LogP contribution < -0.4 is 5.32 Å². The molecule has 26 heavy (non-hydrogen) atoms. The van der Waals surface area contributed by atoms with Crippen LogP contribution in [0.2, 0.25) is 0 Å². The van der Waals surface area contributed by atoms with Crippen LogP contribution in [0.25, 0.3) is 17.0 Å². The van der Waals surface area contributed by atoms with E-state index in [2.05, 4.69) is 36.2 Å². The molecule has 0 aliphatic carbocycles. The molecule has 1 N–H and O–H groups in total. The number of anilines is 1. The monoisotopic (exact) mass is 415 g/mol. The van der Waals surface area contributed by atoms with Crippen molar-refractivity contribution >= 4 is 33.3 Å². The number of carbonyl (C=O) groups is 1. The maximum absolute atomic E-state index is 14.3. The van der Waals surface area contributed by atoms with Gasteiger partial charge in [-0.3, -0.25) is 9.20 Å². The van der Waals surface area contributed by atoms with Gasteiger partial charge in [-0.1, -0.05) is 0 Å². The van der Waals surface area contributed by atoms with Crippen molar-refractivity contribution in [3.8, 4) is 11.3 Å². The first-order valence-corrected chi connectivity index (χ1v) is 8.33. The van der Waals surface area contributed by atoms with Crippen molar-refractivity contribution in [1.29, 1.82) is 0 Å². The normalized spacial score (nSPS) is 11.0. The van der Waals surface area contributed by atoms with E-state index in [1.54, 1.807) is 29.9 Å². The van der Waals surface area contributed by atoms with Gasteiger partial charge in [0.2, 0.25) is 11.5 Å². The fourth-order valence-electron chi connectivity index (χ4n) is 2.45. The number of nitrogens with zero attached hydrogens (tertiary/aromatic N) is 4. The lowest BCUT2D eigenvalue weighted by Crippen LogP contribution is -2.11. The summed E-state index contributed by atoms with van der Waals surface area (Å²) in [7, 11) is 0. The van der Waals surface area contributed by atoms with Crippen LogP contribution >= 0.6 is 15.9 Å².